The average Bonchev–Trinajstić information content (AvgIpc) is 2.99. The Morgan fingerprint density at radius 2 is 1.76 bits per heavy atom. The van der Waals surface area contributed by atoms with Crippen molar-refractivity contribution >= 4 is 0 Å². The lowest BCUT2D eigenvalue weighted by molar-refractivity contribution is 0.279. The number of hydrogen-bond acceptors (Lipinski definition) is 4. The summed E-state index contributed by atoms with van der Waals surface area (Å²) in [7, 11) is 0. The fourth-order valence-electron chi connectivity index (χ4n) is 2.00. The van der Waals surface area contributed by atoms with Crippen molar-refractivity contribution in [2.75, 3.05) is 6.61 Å². The summed E-state index contributed by atoms with van der Waals surface area (Å²) in [4.78, 5) is 1.56. The van der Waals surface area contributed by atoms with Crippen LogP contribution < -0.4 is 4.74 Å². The minimum absolute atomic E-state index is 0.509. The maximum Gasteiger partial charge on any atom is 0.204 e. The third kappa shape index (κ3) is 3.25. The molecule has 0 spiro atoms. The molecule has 0 atom stereocenters. The molecule has 0 fully saturated rings. The Hall–Kier alpha value is -2.69. The van der Waals surface area contributed by atoms with E-state index in [4.69, 9.17) is 4.74 Å². The van der Waals surface area contributed by atoms with E-state index in [9.17, 15) is 0 Å². The highest BCUT2D eigenvalue weighted by molar-refractivity contribution is 5.52. The van der Waals surface area contributed by atoms with Gasteiger partial charge >= 0.3 is 0 Å². The number of aryl methyl sites for hydroxylation is 1. The van der Waals surface area contributed by atoms with Gasteiger partial charge in [0, 0.05) is 5.56 Å². The molecule has 2 aromatic carbocycles. The van der Waals surface area contributed by atoms with Crippen LogP contribution in [-0.4, -0.2) is 26.8 Å². The van der Waals surface area contributed by atoms with Crippen LogP contribution in [0.2, 0.25) is 0 Å². The predicted molar refractivity (Wildman–Crippen MR) is 79.9 cm³/mol. The molecule has 1 heterocycles. The normalized spacial score (nSPS) is 10.5. The maximum atomic E-state index is 5.73. The molecule has 21 heavy (non-hydrogen) atoms. The van der Waals surface area contributed by atoms with Crippen molar-refractivity contribution in [3.63, 3.8) is 0 Å². The number of rotatable bonds is 5. The Morgan fingerprint density at radius 1 is 1.00 bits per heavy atom. The molecule has 1 aromatic heterocycles. The van der Waals surface area contributed by atoms with Gasteiger partial charge in [-0.15, -0.1) is 10.2 Å². The summed E-state index contributed by atoms with van der Waals surface area (Å²) in [6.07, 6.45) is 0. The molecule has 0 bridgehead atoms. The van der Waals surface area contributed by atoms with E-state index in [2.05, 4.69) is 15.4 Å². The van der Waals surface area contributed by atoms with E-state index < -0.39 is 0 Å². The lowest BCUT2D eigenvalue weighted by Crippen LogP contribution is -2.11. The van der Waals surface area contributed by atoms with Crippen LogP contribution in [0.5, 0.6) is 5.75 Å². The summed E-state index contributed by atoms with van der Waals surface area (Å²) in [5.74, 6) is 1.52. The van der Waals surface area contributed by atoms with Gasteiger partial charge < -0.3 is 4.74 Å². The van der Waals surface area contributed by atoms with Crippen LogP contribution in [0.25, 0.3) is 11.4 Å². The van der Waals surface area contributed by atoms with Gasteiger partial charge in [-0.1, -0.05) is 48.5 Å². The molecule has 0 saturated heterocycles. The summed E-state index contributed by atoms with van der Waals surface area (Å²) >= 11 is 0. The van der Waals surface area contributed by atoms with Crippen LogP contribution >= 0.6 is 0 Å². The Bertz CT molecular complexity index is 709. The molecule has 5 heteroatoms. The molecule has 0 amide bonds. The standard InChI is InChI=1S/C16H16N4O/c1-13-7-5-6-10-15(13)21-12-11-20-18-16(17-19-20)14-8-3-2-4-9-14/h2-10H,11-12H2,1H3. The number of ether oxygens (including phenoxy) is 1. The molecule has 0 N–H and O–H groups in total. The number of aromatic nitrogens is 4. The van der Waals surface area contributed by atoms with Crippen molar-refractivity contribution in [1.29, 1.82) is 0 Å². The van der Waals surface area contributed by atoms with Crippen molar-refractivity contribution in [2.24, 2.45) is 0 Å². The van der Waals surface area contributed by atoms with Gasteiger partial charge in [0.25, 0.3) is 0 Å². The summed E-state index contributed by atoms with van der Waals surface area (Å²) in [6.45, 7) is 3.10. The van der Waals surface area contributed by atoms with E-state index in [0.717, 1.165) is 16.9 Å². The van der Waals surface area contributed by atoms with Crippen LogP contribution in [0.15, 0.2) is 54.6 Å². The lowest BCUT2D eigenvalue weighted by Gasteiger charge is -2.07. The fourth-order valence-corrected chi connectivity index (χ4v) is 2.00. The largest absolute Gasteiger partial charge is 0.491 e. The van der Waals surface area contributed by atoms with E-state index in [1.165, 1.54) is 0 Å². The molecule has 0 radical (unpaired) electrons. The minimum Gasteiger partial charge on any atom is -0.491 e. The molecule has 0 aliphatic heterocycles. The zero-order valence-electron chi connectivity index (χ0n) is 11.8. The van der Waals surface area contributed by atoms with Crippen LogP contribution in [-0.2, 0) is 6.54 Å². The number of hydrogen-bond donors (Lipinski definition) is 0. The Morgan fingerprint density at radius 3 is 2.57 bits per heavy atom. The lowest BCUT2D eigenvalue weighted by atomic mass is 10.2. The molecule has 0 unspecified atom stereocenters. The van der Waals surface area contributed by atoms with E-state index in [1.54, 1.807) is 4.80 Å². The van der Waals surface area contributed by atoms with Crippen LogP contribution in [0.4, 0.5) is 0 Å². The molecule has 0 aliphatic carbocycles. The molecule has 5 nitrogen and oxygen atoms in total. The van der Waals surface area contributed by atoms with Gasteiger partial charge in [0.05, 0.1) is 6.54 Å². The van der Waals surface area contributed by atoms with Gasteiger partial charge in [0.15, 0.2) is 0 Å². The maximum absolute atomic E-state index is 5.73. The highest BCUT2D eigenvalue weighted by Gasteiger charge is 2.05. The molecule has 3 aromatic rings. The van der Waals surface area contributed by atoms with Crippen LogP contribution in [0.1, 0.15) is 5.56 Å². The van der Waals surface area contributed by atoms with Gasteiger partial charge in [-0.05, 0) is 23.8 Å². The highest BCUT2D eigenvalue weighted by Crippen LogP contribution is 2.16. The van der Waals surface area contributed by atoms with Gasteiger partial charge in [0.2, 0.25) is 5.82 Å². The second kappa shape index (κ2) is 6.17. The van der Waals surface area contributed by atoms with E-state index >= 15 is 0 Å². The first-order chi connectivity index (χ1) is 10.3. The number of tetrazole rings is 1. The monoisotopic (exact) mass is 280 g/mol. The van der Waals surface area contributed by atoms with Gasteiger partial charge in [-0.25, -0.2) is 0 Å². The van der Waals surface area contributed by atoms with Gasteiger partial charge in [0.1, 0.15) is 12.4 Å². The fraction of sp³-hybridized carbons (Fsp3) is 0.188. The summed E-state index contributed by atoms with van der Waals surface area (Å²) in [5.41, 5.74) is 2.08. The quantitative estimate of drug-likeness (QED) is 0.721. The van der Waals surface area contributed by atoms with E-state index in [0.29, 0.717) is 19.0 Å². The number of para-hydroxylation sites is 1. The highest BCUT2D eigenvalue weighted by atomic mass is 16.5. The first kappa shape index (κ1) is 13.3. The molecule has 0 aliphatic rings. The minimum atomic E-state index is 0.509. The molecule has 3 rings (SSSR count). The molecular weight excluding hydrogens is 264 g/mol. The molecule has 0 saturated carbocycles. The van der Waals surface area contributed by atoms with Crippen LogP contribution in [0, 0.1) is 6.92 Å². The van der Waals surface area contributed by atoms with Crippen molar-refractivity contribution in [1.82, 2.24) is 20.2 Å². The van der Waals surface area contributed by atoms with Crippen molar-refractivity contribution in [3.05, 3.63) is 60.2 Å². The van der Waals surface area contributed by atoms with Gasteiger partial charge in [-0.2, -0.15) is 4.80 Å². The first-order valence-electron chi connectivity index (χ1n) is 6.84. The zero-order chi connectivity index (χ0) is 14.5. The van der Waals surface area contributed by atoms with Crippen molar-refractivity contribution in [3.8, 4) is 17.1 Å². The smallest absolute Gasteiger partial charge is 0.204 e. The van der Waals surface area contributed by atoms with E-state index in [1.807, 2.05) is 61.5 Å². The SMILES string of the molecule is Cc1ccccc1OCCn1nnc(-c2ccccc2)n1. The topological polar surface area (TPSA) is 52.8 Å². The Labute approximate surface area is 123 Å². The molecular formula is C16H16N4O. The number of benzene rings is 2. The third-order valence-electron chi connectivity index (χ3n) is 3.13. The Kier molecular flexibility index (Phi) is 3.91. The third-order valence-corrected chi connectivity index (χ3v) is 3.13. The summed E-state index contributed by atoms with van der Waals surface area (Å²) < 4.78 is 5.73. The predicted octanol–water partition coefficient (Wildman–Crippen LogP) is 2.73. The zero-order valence-corrected chi connectivity index (χ0v) is 11.8. The summed E-state index contributed by atoms with van der Waals surface area (Å²) in [5, 5.41) is 12.4. The summed E-state index contributed by atoms with van der Waals surface area (Å²) in [6, 6.07) is 17.7. The second-order valence-electron chi connectivity index (χ2n) is 4.69. The Balaban J connectivity index is 1.60. The van der Waals surface area contributed by atoms with Gasteiger partial charge in [-0.3, -0.25) is 0 Å². The molecule has 106 valence electrons. The van der Waals surface area contributed by atoms with Crippen LogP contribution in [0.3, 0.4) is 0 Å². The van der Waals surface area contributed by atoms with Crippen molar-refractivity contribution in [2.45, 2.75) is 13.5 Å². The number of nitrogens with zero attached hydrogens (tertiary/aromatic N) is 4. The average molecular weight is 280 g/mol. The van der Waals surface area contributed by atoms with Crippen molar-refractivity contribution < 1.29 is 4.74 Å². The second-order valence-corrected chi connectivity index (χ2v) is 4.69. The first-order valence-corrected chi connectivity index (χ1v) is 6.84. The van der Waals surface area contributed by atoms with E-state index in [-0.39, 0.29) is 0 Å².